The number of hydrogen-bond acceptors (Lipinski definition) is 3. The van der Waals surface area contributed by atoms with Gasteiger partial charge in [-0.3, -0.25) is 4.79 Å². The summed E-state index contributed by atoms with van der Waals surface area (Å²) in [5.41, 5.74) is -0.0637. The van der Waals surface area contributed by atoms with Crippen molar-refractivity contribution < 1.29 is 9.90 Å². The molecule has 0 aliphatic heterocycles. The minimum Gasteiger partial charge on any atom is -0.396 e. The Balaban J connectivity index is 2.29. The van der Waals surface area contributed by atoms with Crippen molar-refractivity contribution in [2.45, 2.75) is 52.0 Å². The molecule has 1 aliphatic rings. The highest BCUT2D eigenvalue weighted by molar-refractivity contribution is 5.78. The maximum Gasteiger partial charge on any atom is 0.233 e. The standard InChI is InChI=1S/C13H26N2O2/c1-11(2)14-8-12(17)15-9-13(10-16)6-4-3-5-7-13/h11,14,16H,3-10H2,1-2H3,(H,15,17). The Morgan fingerprint density at radius 3 is 2.47 bits per heavy atom. The summed E-state index contributed by atoms with van der Waals surface area (Å²) in [4.78, 5) is 11.6. The Morgan fingerprint density at radius 2 is 1.94 bits per heavy atom. The van der Waals surface area contributed by atoms with Crippen LogP contribution in [0.4, 0.5) is 0 Å². The molecule has 1 rings (SSSR count). The molecule has 17 heavy (non-hydrogen) atoms. The molecule has 1 amide bonds. The summed E-state index contributed by atoms with van der Waals surface area (Å²) in [7, 11) is 0. The summed E-state index contributed by atoms with van der Waals surface area (Å²) in [5.74, 6) is 0.0251. The van der Waals surface area contributed by atoms with E-state index in [1.807, 2.05) is 13.8 Å². The van der Waals surface area contributed by atoms with Gasteiger partial charge in [0, 0.05) is 18.0 Å². The maximum absolute atomic E-state index is 11.6. The quantitative estimate of drug-likeness (QED) is 0.652. The number of carbonyl (C=O) groups excluding carboxylic acids is 1. The Hall–Kier alpha value is -0.610. The van der Waals surface area contributed by atoms with Crippen LogP contribution < -0.4 is 10.6 Å². The molecule has 0 heterocycles. The van der Waals surface area contributed by atoms with E-state index >= 15 is 0 Å². The number of aliphatic hydroxyl groups excluding tert-OH is 1. The molecule has 1 saturated carbocycles. The van der Waals surface area contributed by atoms with Crippen molar-refractivity contribution >= 4 is 5.91 Å². The first kappa shape index (κ1) is 14.5. The van der Waals surface area contributed by atoms with Gasteiger partial charge in [0.1, 0.15) is 0 Å². The van der Waals surface area contributed by atoms with Crippen molar-refractivity contribution in [3.8, 4) is 0 Å². The van der Waals surface area contributed by atoms with Crippen LogP contribution in [-0.2, 0) is 4.79 Å². The molecule has 100 valence electrons. The van der Waals surface area contributed by atoms with E-state index in [0.717, 1.165) is 12.8 Å². The normalized spacial score (nSPS) is 19.3. The van der Waals surface area contributed by atoms with E-state index in [1.54, 1.807) is 0 Å². The first-order valence-corrected chi connectivity index (χ1v) is 6.69. The van der Waals surface area contributed by atoms with Gasteiger partial charge in [-0.2, -0.15) is 0 Å². The predicted molar refractivity (Wildman–Crippen MR) is 68.8 cm³/mol. The van der Waals surface area contributed by atoms with Crippen molar-refractivity contribution in [2.24, 2.45) is 5.41 Å². The average Bonchev–Trinajstić information content (AvgIpc) is 2.35. The van der Waals surface area contributed by atoms with Gasteiger partial charge in [-0.25, -0.2) is 0 Å². The number of aliphatic hydroxyl groups is 1. The number of hydrogen-bond donors (Lipinski definition) is 3. The lowest BCUT2D eigenvalue weighted by Gasteiger charge is -2.35. The lowest BCUT2D eigenvalue weighted by atomic mass is 9.74. The Morgan fingerprint density at radius 1 is 1.29 bits per heavy atom. The van der Waals surface area contributed by atoms with Gasteiger partial charge in [-0.05, 0) is 12.8 Å². The second-order valence-electron chi connectivity index (χ2n) is 5.53. The summed E-state index contributed by atoms with van der Waals surface area (Å²) in [6.45, 7) is 5.19. The number of nitrogens with one attached hydrogen (secondary N) is 2. The number of amides is 1. The van der Waals surface area contributed by atoms with Crippen LogP contribution in [0.5, 0.6) is 0 Å². The fourth-order valence-electron chi connectivity index (χ4n) is 2.34. The largest absolute Gasteiger partial charge is 0.396 e. The summed E-state index contributed by atoms with van der Waals surface area (Å²) < 4.78 is 0. The first-order chi connectivity index (χ1) is 8.08. The van der Waals surface area contributed by atoms with E-state index in [0.29, 0.717) is 19.1 Å². The minimum atomic E-state index is -0.0637. The van der Waals surface area contributed by atoms with Crippen molar-refractivity contribution in [1.82, 2.24) is 10.6 Å². The molecule has 0 bridgehead atoms. The van der Waals surface area contributed by atoms with E-state index in [1.165, 1.54) is 19.3 Å². The third-order valence-corrected chi connectivity index (χ3v) is 3.58. The molecule has 0 spiro atoms. The molecule has 0 unspecified atom stereocenters. The molecule has 0 aromatic carbocycles. The van der Waals surface area contributed by atoms with Gasteiger partial charge in [0.05, 0.1) is 13.2 Å². The van der Waals surface area contributed by atoms with E-state index < -0.39 is 0 Å². The molecule has 0 saturated heterocycles. The van der Waals surface area contributed by atoms with Crippen LogP contribution >= 0.6 is 0 Å². The van der Waals surface area contributed by atoms with E-state index in [2.05, 4.69) is 10.6 Å². The second-order valence-corrected chi connectivity index (χ2v) is 5.53. The zero-order valence-corrected chi connectivity index (χ0v) is 11.1. The van der Waals surface area contributed by atoms with Crippen LogP contribution in [0, 0.1) is 5.41 Å². The lowest BCUT2D eigenvalue weighted by Crippen LogP contribution is -2.44. The topological polar surface area (TPSA) is 61.4 Å². The van der Waals surface area contributed by atoms with Crippen LogP contribution in [0.1, 0.15) is 46.0 Å². The van der Waals surface area contributed by atoms with Gasteiger partial charge in [-0.1, -0.05) is 33.1 Å². The predicted octanol–water partition coefficient (Wildman–Crippen LogP) is 1.04. The van der Waals surface area contributed by atoms with Crippen molar-refractivity contribution in [3.63, 3.8) is 0 Å². The van der Waals surface area contributed by atoms with E-state index in [4.69, 9.17) is 0 Å². The van der Waals surface area contributed by atoms with Gasteiger partial charge < -0.3 is 15.7 Å². The van der Waals surface area contributed by atoms with E-state index in [-0.39, 0.29) is 17.9 Å². The molecule has 3 N–H and O–H groups in total. The highest BCUT2D eigenvalue weighted by Gasteiger charge is 2.31. The average molecular weight is 242 g/mol. The fraction of sp³-hybridized carbons (Fsp3) is 0.923. The van der Waals surface area contributed by atoms with Crippen LogP contribution in [0.2, 0.25) is 0 Å². The third kappa shape index (κ3) is 5.04. The van der Waals surface area contributed by atoms with Crippen LogP contribution in [0.25, 0.3) is 0 Å². The molecule has 4 nitrogen and oxygen atoms in total. The monoisotopic (exact) mass is 242 g/mol. The lowest BCUT2D eigenvalue weighted by molar-refractivity contribution is -0.121. The number of carbonyl (C=O) groups is 1. The van der Waals surface area contributed by atoms with Crippen molar-refractivity contribution in [1.29, 1.82) is 0 Å². The summed E-state index contributed by atoms with van der Waals surface area (Å²) >= 11 is 0. The molecule has 4 heteroatoms. The fourth-order valence-corrected chi connectivity index (χ4v) is 2.34. The van der Waals surface area contributed by atoms with Gasteiger partial charge >= 0.3 is 0 Å². The zero-order chi connectivity index (χ0) is 12.7. The minimum absolute atomic E-state index is 0.0251. The third-order valence-electron chi connectivity index (χ3n) is 3.58. The first-order valence-electron chi connectivity index (χ1n) is 6.69. The van der Waals surface area contributed by atoms with Crippen LogP contribution in [0.3, 0.4) is 0 Å². The summed E-state index contributed by atoms with van der Waals surface area (Å²) in [6, 6.07) is 0.322. The zero-order valence-electron chi connectivity index (χ0n) is 11.1. The Bertz CT molecular complexity index is 236. The highest BCUT2D eigenvalue weighted by atomic mass is 16.3. The molecular weight excluding hydrogens is 216 g/mol. The second kappa shape index (κ2) is 6.97. The molecule has 0 aromatic rings. The Labute approximate surface area is 104 Å². The maximum atomic E-state index is 11.6. The van der Waals surface area contributed by atoms with E-state index in [9.17, 15) is 9.90 Å². The molecule has 1 fully saturated rings. The summed E-state index contributed by atoms with van der Waals surface area (Å²) in [6.07, 6.45) is 5.65. The van der Waals surface area contributed by atoms with Crippen molar-refractivity contribution in [2.75, 3.05) is 19.7 Å². The van der Waals surface area contributed by atoms with Gasteiger partial charge in [0.15, 0.2) is 0 Å². The van der Waals surface area contributed by atoms with Gasteiger partial charge in [-0.15, -0.1) is 0 Å². The van der Waals surface area contributed by atoms with Gasteiger partial charge in [0.25, 0.3) is 0 Å². The van der Waals surface area contributed by atoms with Crippen LogP contribution in [0.15, 0.2) is 0 Å². The Kier molecular flexibility index (Phi) is 5.92. The molecule has 1 aliphatic carbocycles. The molecular formula is C13H26N2O2. The SMILES string of the molecule is CC(C)NCC(=O)NCC1(CO)CCCCC1. The van der Waals surface area contributed by atoms with Crippen molar-refractivity contribution in [3.05, 3.63) is 0 Å². The summed E-state index contributed by atoms with van der Waals surface area (Å²) in [5, 5.41) is 15.5. The molecule has 0 radical (unpaired) electrons. The number of rotatable bonds is 6. The highest BCUT2D eigenvalue weighted by Crippen LogP contribution is 2.35. The molecule has 0 atom stereocenters. The van der Waals surface area contributed by atoms with Crippen LogP contribution in [-0.4, -0.2) is 36.8 Å². The smallest absolute Gasteiger partial charge is 0.233 e. The van der Waals surface area contributed by atoms with Gasteiger partial charge in [0.2, 0.25) is 5.91 Å². The molecule has 0 aromatic heterocycles.